The number of esters is 1. The number of carbonyl (C=O) groups is 3. The van der Waals surface area contributed by atoms with E-state index in [0.717, 1.165) is 12.5 Å². The van der Waals surface area contributed by atoms with Gasteiger partial charge in [0.2, 0.25) is 5.91 Å². The van der Waals surface area contributed by atoms with Crippen molar-refractivity contribution in [2.75, 3.05) is 11.9 Å². The second kappa shape index (κ2) is 7.54. The lowest BCUT2D eigenvalue weighted by Crippen LogP contribution is -2.40. The Morgan fingerprint density at radius 3 is 2.48 bits per heavy atom. The van der Waals surface area contributed by atoms with Gasteiger partial charge >= 0.3 is 5.97 Å². The van der Waals surface area contributed by atoms with E-state index in [2.05, 4.69) is 5.32 Å². The average molecular weight is 358 g/mol. The van der Waals surface area contributed by atoms with Gasteiger partial charge in [-0.1, -0.05) is 6.92 Å². The summed E-state index contributed by atoms with van der Waals surface area (Å²) in [5, 5.41) is 4.21. The SMILES string of the molecule is CC(OC(=O)C1CC1C)C(=O)NCC(=O)Nc1ccc(F)c(F)c1F. The standard InChI is InChI=1S/C16H17F3N2O4/c1-7-5-9(7)16(24)25-8(2)15(23)20-6-12(22)21-11-4-3-10(17)13(18)14(11)19/h3-4,7-9H,5-6H2,1-2H3,(H,20,23)(H,21,22). The largest absolute Gasteiger partial charge is 0.452 e. The highest BCUT2D eigenvalue weighted by Gasteiger charge is 2.41. The quantitative estimate of drug-likeness (QED) is 0.599. The van der Waals surface area contributed by atoms with Crippen LogP contribution in [0.15, 0.2) is 12.1 Å². The molecule has 25 heavy (non-hydrogen) atoms. The summed E-state index contributed by atoms with van der Waals surface area (Å²) >= 11 is 0. The molecule has 2 rings (SSSR count). The third-order valence-corrected chi connectivity index (χ3v) is 3.81. The monoisotopic (exact) mass is 358 g/mol. The topological polar surface area (TPSA) is 84.5 Å². The predicted octanol–water partition coefficient (Wildman–Crippen LogP) is 1.75. The summed E-state index contributed by atoms with van der Waals surface area (Å²) < 4.78 is 44.3. The van der Waals surface area contributed by atoms with Crippen molar-refractivity contribution in [3.05, 3.63) is 29.6 Å². The number of nitrogens with one attached hydrogen (secondary N) is 2. The van der Waals surface area contributed by atoms with E-state index < -0.39 is 53.6 Å². The zero-order chi connectivity index (χ0) is 18.7. The van der Waals surface area contributed by atoms with Crippen molar-refractivity contribution in [1.29, 1.82) is 0 Å². The molecule has 0 bridgehead atoms. The second-order valence-corrected chi connectivity index (χ2v) is 5.89. The van der Waals surface area contributed by atoms with E-state index in [4.69, 9.17) is 4.74 Å². The zero-order valence-electron chi connectivity index (χ0n) is 13.6. The highest BCUT2D eigenvalue weighted by atomic mass is 19.2. The minimum atomic E-state index is -1.71. The molecule has 6 nitrogen and oxygen atoms in total. The van der Waals surface area contributed by atoms with Crippen LogP contribution in [0, 0.1) is 29.3 Å². The Labute approximate surface area is 141 Å². The molecule has 3 unspecified atom stereocenters. The molecule has 1 saturated carbocycles. The number of rotatable bonds is 6. The molecule has 3 atom stereocenters. The molecule has 1 aromatic carbocycles. The molecule has 0 aromatic heterocycles. The molecule has 0 saturated heterocycles. The number of halogens is 3. The van der Waals surface area contributed by atoms with Crippen LogP contribution in [-0.4, -0.2) is 30.4 Å². The average Bonchev–Trinajstić information content (AvgIpc) is 3.30. The molecule has 0 heterocycles. The summed E-state index contributed by atoms with van der Waals surface area (Å²) in [6.07, 6.45) is -0.372. The first-order chi connectivity index (χ1) is 11.7. The van der Waals surface area contributed by atoms with Crippen LogP contribution >= 0.6 is 0 Å². The maximum absolute atomic E-state index is 13.4. The van der Waals surface area contributed by atoms with Gasteiger partial charge in [0.1, 0.15) is 0 Å². The Bertz CT molecular complexity index is 711. The molecule has 0 aliphatic heterocycles. The van der Waals surface area contributed by atoms with Gasteiger partial charge in [-0.25, -0.2) is 13.2 Å². The van der Waals surface area contributed by atoms with Gasteiger partial charge in [0, 0.05) is 0 Å². The number of amides is 2. The fourth-order valence-corrected chi connectivity index (χ4v) is 2.09. The summed E-state index contributed by atoms with van der Waals surface area (Å²) in [4.78, 5) is 35.0. The van der Waals surface area contributed by atoms with E-state index >= 15 is 0 Å². The van der Waals surface area contributed by atoms with Crippen LogP contribution in [0.1, 0.15) is 20.3 Å². The third-order valence-electron chi connectivity index (χ3n) is 3.81. The lowest BCUT2D eigenvalue weighted by Gasteiger charge is -2.13. The van der Waals surface area contributed by atoms with Crippen LogP contribution in [0.25, 0.3) is 0 Å². The van der Waals surface area contributed by atoms with Crippen molar-refractivity contribution in [1.82, 2.24) is 5.32 Å². The molecule has 9 heteroatoms. The minimum Gasteiger partial charge on any atom is -0.452 e. The first-order valence-electron chi connectivity index (χ1n) is 7.62. The predicted molar refractivity (Wildman–Crippen MR) is 80.8 cm³/mol. The summed E-state index contributed by atoms with van der Waals surface area (Å²) in [6.45, 7) is 2.69. The number of anilines is 1. The number of ether oxygens (including phenoxy) is 1. The number of hydrogen-bond acceptors (Lipinski definition) is 4. The zero-order valence-corrected chi connectivity index (χ0v) is 13.6. The first kappa shape index (κ1) is 18.8. The highest BCUT2D eigenvalue weighted by Crippen LogP contribution is 2.38. The Morgan fingerprint density at radius 1 is 1.24 bits per heavy atom. The number of hydrogen-bond donors (Lipinski definition) is 2. The molecule has 0 spiro atoms. The van der Waals surface area contributed by atoms with Crippen molar-refractivity contribution >= 4 is 23.5 Å². The molecule has 1 fully saturated rings. The van der Waals surface area contributed by atoms with Crippen LogP contribution < -0.4 is 10.6 Å². The summed E-state index contributed by atoms with van der Waals surface area (Å²) in [5.41, 5.74) is -0.555. The van der Waals surface area contributed by atoms with Crippen LogP contribution in [0.2, 0.25) is 0 Å². The molecule has 1 aromatic rings. The van der Waals surface area contributed by atoms with Crippen molar-refractivity contribution < 1.29 is 32.3 Å². The van der Waals surface area contributed by atoms with Gasteiger partial charge in [-0.2, -0.15) is 0 Å². The Morgan fingerprint density at radius 2 is 1.88 bits per heavy atom. The molecule has 1 aliphatic carbocycles. The van der Waals surface area contributed by atoms with Crippen LogP contribution in [0.3, 0.4) is 0 Å². The molecule has 136 valence electrons. The lowest BCUT2D eigenvalue weighted by molar-refractivity contribution is -0.156. The van der Waals surface area contributed by atoms with Gasteiger partial charge in [0.15, 0.2) is 23.6 Å². The van der Waals surface area contributed by atoms with E-state index in [-0.39, 0.29) is 11.8 Å². The molecular weight excluding hydrogens is 341 g/mol. The summed E-state index contributed by atoms with van der Waals surface area (Å²) in [5.74, 6) is -6.63. The van der Waals surface area contributed by atoms with E-state index in [0.29, 0.717) is 6.07 Å². The molecular formula is C16H17F3N2O4. The van der Waals surface area contributed by atoms with Crippen molar-refractivity contribution in [3.8, 4) is 0 Å². The van der Waals surface area contributed by atoms with Gasteiger partial charge in [-0.15, -0.1) is 0 Å². The fourth-order valence-electron chi connectivity index (χ4n) is 2.09. The van der Waals surface area contributed by atoms with Crippen molar-refractivity contribution in [3.63, 3.8) is 0 Å². The molecule has 1 aliphatic rings. The lowest BCUT2D eigenvalue weighted by atomic mass is 10.2. The van der Waals surface area contributed by atoms with Crippen molar-refractivity contribution in [2.24, 2.45) is 11.8 Å². The molecule has 0 radical (unpaired) electrons. The Kier molecular flexibility index (Phi) is 5.66. The second-order valence-electron chi connectivity index (χ2n) is 5.89. The van der Waals surface area contributed by atoms with Gasteiger partial charge < -0.3 is 15.4 Å². The molecule has 2 amide bonds. The van der Waals surface area contributed by atoms with E-state index in [1.807, 2.05) is 12.2 Å². The van der Waals surface area contributed by atoms with E-state index in [9.17, 15) is 27.6 Å². The van der Waals surface area contributed by atoms with Crippen LogP contribution in [0.4, 0.5) is 18.9 Å². The normalized spacial score (nSPS) is 19.7. The maximum Gasteiger partial charge on any atom is 0.309 e. The van der Waals surface area contributed by atoms with Crippen molar-refractivity contribution in [2.45, 2.75) is 26.4 Å². The van der Waals surface area contributed by atoms with Crippen LogP contribution in [-0.2, 0) is 19.1 Å². The highest BCUT2D eigenvalue weighted by molar-refractivity contribution is 5.95. The minimum absolute atomic E-state index is 0.199. The van der Waals surface area contributed by atoms with E-state index in [1.165, 1.54) is 6.92 Å². The van der Waals surface area contributed by atoms with Crippen LogP contribution in [0.5, 0.6) is 0 Å². The first-order valence-corrected chi connectivity index (χ1v) is 7.62. The smallest absolute Gasteiger partial charge is 0.309 e. The van der Waals surface area contributed by atoms with Gasteiger partial charge in [0.05, 0.1) is 18.2 Å². The summed E-state index contributed by atoms with van der Waals surface area (Å²) in [7, 11) is 0. The Hall–Kier alpha value is -2.58. The molecule has 2 N–H and O–H groups in total. The number of carbonyl (C=O) groups excluding carboxylic acids is 3. The van der Waals surface area contributed by atoms with Gasteiger partial charge in [0.25, 0.3) is 5.91 Å². The Balaban J connectivity index is 1.80. The number of benzene rings is 1. The van der Waals surface area contributed by atoms with Gasteiger partial charge in [-0.05, 0) is 31.4 Å². The third kappa shape index (κ3) is 4.71. The fraction of sp³-hybridized carbons (Fsp3) is 0.438. The maximum atomic E-state index is 13.4. The van der Waals surface area contributed by atoms with E-state index in [1.54, 1.807) is 0 Å². The van der Waals surface area contributed by atoms with Gasteiger partial charge in [-0.3, -0.25) is 14.4 Å². The summed E-state index contributed by atoms with van der Waals surface area (Å²) in [6, 6.07) is 1.52.